The molecule has 5 fully saturated rings. The molecule has 10 atom stereocenters. The van der Waals surface area contributed by atoms with Crippen LogP contribution in [0, 0.1) is 58.2 Å². The maximum Gasteiger partial charge on any atom is 0.102 e. The van der Waals surface area contributed by atoms with E-state index < -0.39 is 11.7 Å². The molecule has 6 rings (SSSR count). The fraction of sp³-hybridized carbons (Fsp3) is 0.867. The number of hydrogen-bond donors (Lipinski definition) is 2. The van der Waals surface area contributed by atoms with Gasteiger partial charge in [0.15, 0.2) is 0 Å². The number of nitrogens with zero attached hydrogens (tertiary/aromatic N) is 4. The molecule has 2 heterocycles. The Kier molecular flexibility index (Phi) is 6.50. The summed E-state index contributed by atoms with van der Waals surface area (Å²) in [5, 5.41) is 36.0. The van der Waals surface area contributed by atoms with Gasteiger partial charge in [-0.15, -0.1) is 0 Å². The van der Waals surface area contributed by atoms with E-state index in [9.17, 15) is 15.5 Å². The van der Waals surface area contributed by atoms with Gasteiger partial charge in [-0.25, -0.2) is 0 Å². The molecule has 1 aromatic heterocycles. The van der Waals surface area contributed by atoms with E-state index in [2.05, 4.69) is 29.9 Å². The second-order valence-electron chi connectivity index (χ2n) is 13.9. The molecule has 0 spiro atoms. The van der Waals surface area contributed by atoms with Crippen LogP contribution in [0.1, 0.15) is 83.6 Å². The van der Waals surface area contributed by atoms with Crippen LogP contribution in [0.5, 0.6) is 0 Å². The lowest BCUT2D eigenvalue weighted by molar-refractivity contribution is -0.115. The van der Waals surface area contributed by atoms with Crippen LogP contribution in [0.2, 0.25) is 0 Å². The predicted molar refractivity (Wildman–Crippen MR) is 139 cm³/mol. The summed E-state index contributed by atoms with van der Waals surface area (Å²) < 4.78 is 1.78. The Balaban J connectivity index is 1.26. The van der Waals surface area contributed by atoms with E-state index in [1.807, 2.05) is 0 Å². The van der Waals surface area contributed by atoms with Gasteiger partial charge in [0.05, 0.1) is 30.0 Å². The number of rotatable bonds is 5. The predicted octanol–water partition coefficient (Wildman–Crippen LogP) is 4.46. The first-order chi connectivity index (χ1) is 17.3. The number of nitriles is 1. The van der Waals surface area contributed by atoms with Crippen molar-refractivity contribution in [2.24, 2.45) is 46.8 Å². The third-order valence-electron chi connectivity index (χ3n) is 11.7. The zero-order valence-electron chi connectivity index (χ0n) is 22.4. The molecule has 0 aromatic carbocycles. The first-order valence-electron chi connectivity index (χ1n) is 14.8. The summed E-state index contributed by atoms with van der Waals surface area (Å²) in [6.45, 7) is 8.75. The largest absolute Gasteiger partial charge is 0.391 e. The van der Waals surface area contributed by atoms with Gasteiger partial charge in [0, 0.05) is 12.7 Å². The highest BCUT2D eigenvalue weighted by Crippen LogP contribution is 2.66. The number of aliphatic hydroxyl groups is 2. The molecule has 4 aliphatic carbocycles. The van der Waals surface area contributed by atoms with Crippen molar-refractivity contribution in [2.45, 2.75) is 96.3 Å². The summed E-state index contributed by atoms with van der Waals surface area (Å²) in [6, 6.07) is 2.16. The van der Waals surface area contributed by atoms with Gasteiger partial charge in [-0.2, -0.15) is 10.4 Å². The maximum absolute atomic E-state index is 11.6. The van der Waals surface area contributed by atoms with Crippen molar-refractivity contribution in [1.82, 2.24) is 14.7 Å². The minimum Gasteiger partial charge on any atom is -0.391 e. The van der Waals surface area contributed by atoms with Crippen LogP contribution in [0.25, 0.3) is 0 Å². The van der Waals surface area contributed by atoms with E-state index in [1.165, 1.54) is 64.6 Å². The average molecular weight is 495 g/mol. The van der Waals surface area contributed by atoms with Crippen molar-refractivity contribution in [3.63, 3.8) is 0 Å². The Morgan fingerprint density at radius 3 is 2.64 bits per heavy atom. The number of likely N-dealkylation sites (tertiary alicyclic amines) is 1. The number of fused-ring (bicyclic) bond motifs is 5. The monoisotopic (exact) mass is 494 g/mol. The van der Waals surface area contributed by atoms with Gasteiger partial charge in [-0.05, 0) is 131 Å². The highest BCUT2D eigenvalue weighted by Gasteiger charge is 2.61. The number of aliphatic hydroxyl groups excluding tert-OH is 1. The molecule has 6 heteroatoms. The Bertz CT molecular complexity index is 978. The summed E-state index contributed by atoms with van der Waals surface area (Å²) in [7, 11) is 0. The highest BCUT2D eigenvalue weighted by molar-refractivity contribution is 5.21. The van der Waals surface area contributed by atoms with Gasteiger partial charge < -0.3 is 15.1 Å². The quantitative estimate of drug-likeness (QED) is 0.631. The van der Waals surface area contributed by atoms with Gasteiger partial charge in [-0.1, -0.05) is 6.92 Å². The van der Waals surface area contributed by atoms with Crippen LogP contribution < -0.4 is 0 Å². The minimum atomic E-state index is -0.462. The van der Waals surface area contributed by atoms with Gasteiger partial charge in [0.1, 0.15) is 6.07 Å². The molecule has 5 aliphatic rings. The molecule has 1 saturated heterocycles. The number of hydrogen-bond acceptors (Lipinski definition) is 5. The van der Waals surface area contributed by atoms with E-state index in [-0.39, 0.29) is 11.3 Å². The summed E-state index contributed by atoms with van der Waals surface area (Å²) in [6.07, 6.45) is 15.0. The van der Waals surface area contributed by atoms with E-state index >= 15 is 0 Å². The molecular formula is C30H46N4O2. The number of aromatic nitrogens is 2. The molecule has 0 bridgehead atoms. The fourth-order valence-electron chi connectivity index (χ4n) is 10.3. The summed E-state index contributed by atoms with van der Waals surface area (Å²) in [4.78, 5) is 2.71. The molecule has 36 heavy (non-hydrogen) atoms. The fourth-order valence-corrected chi connectivity index (χ4v) is 10.3. The van der Waals surface area contributed by atoms with Crippen molar-refractivity contribution in [1.29, 1.82) is 5.26 Å². The molecular weight excluding hydrogens is 448 g/mol. The lowest BCUT2D eigenvalue weighted by Gasteiger charge is -2.58. The standard InChI is InChI=1S/C30H46N4O2/c1-29(36)9-7-23-21(14-29)5-6-25-24(23)8-10-30(2)26(27(35)19-34-17-20(15-31)16-32-34)13-22(28(25)30)18-33-11-3-4-12-33/h16-17,21-28,35-36H,3-14,18-19H2,1-2H3/t21?,22-,23?,24+,25+,26+,27?,28-,29+,30+/m0/s1. The van der Waals surface area contributed by atoms with Crippen LogP contribution >= 0.6 is 0 Å². The Morgan fingerprint density at radius 1 is 1.11 bits per heavy atom. The van der Waals surface area contributed by atoms with Crippen molar-refractivity contribution < 1.29 is 10.2 Å². The molecule has 198 valence electrons. The van der Waals surface area contributed by atoms with Crippen LogP contribution in [-0.2, 0) is 6.54 Å². The van der Waals surface area contributed by atoms with Crippen molar-refractivity contribution in [3.8, 4) is 6.07 Å². The highest BCUT2D eigenvalue weighted by atomic mass is 16.3. The summed E-state index contributed by atoms with van der Waals surface area (Å²) in [5.74, 6) is 4.71. The maximum atomic E-state index is 11.6. The van der Waals surface area contributed by atoms with Gasteiger partial charge in [0.25, 0.3) is 0 Å². The van der Waals surface area contributed by atoms with Crippen LogP contribution in [-0.4, -0.2) is 56.2 Å². The van der Waals surface area contributed by atoms with Gasteiger partial charge >= 0.3 is 0 Å². The zero-order chi connectivity index (χ0) is 25.1. The molecule has 2 N–H and O–H groups in total. The summed E-state index contributed by atoms with van der Waals surface area (Å²) in [5.41, 5.74) is 0.271. The summed E-state index contributed by atoms with van der Waals surface area (Å²) >= 11 is 0. The Hall–Kier alpha value is -1.42. The molecule has 0 amide bonds. The SMILES string of the molecule is C[C@@]1(O)CCC2C(CC[C@H]3[C@@H]4[C@H](CN5CCCC5)C[C@H](C(O)Cn5cc(C#N)cn5)[C@@]4(C)CC[C@H]23)C1. The third kappa shape index (κ3) is 4.33. The van der Waals surface area contributed by atoms with E-state index in [0.29, 0.717) is 29.9 Å². The van der Waals surface area contributed by atoms with Gasteiger partial charge in [0.2, 0.25) is 0 Å². The second kappa shape index (κ2) is 9.40. The Labute approximate surface area is 217 Å². The van der Waals surface area contributed by atoms with Crippen molar-refractivity contribution in [2.75, 3.05) is 19.6 Å². The van der Waals surface area contributed by atoms with Gasteiger partial charge in [-0.3, -0.25) is 4.68 Å². The molecule has 6 nitrogen and oxygen atoms in total. The van der Waals surface area contributed by atoms with Crippen molar-refractivity contribution in [3.05, 3.63) is 18.0 Å². The van der Waals surface area contributed by atoms with Crippen LogP contribution in [0.3, 0.4) is 0 Å². The average Bonchev–Trinajstić information content (AvgIpc) is 3.58. The Morgan fingerprint density at radius 2 is 1.89 bits per heavy atom. The van der Waals surface area contributed by atoms with Crippen LogP contribution in [0.15, 0.2) is 12.4 Å². The molecule has 1 aliphatic heterocycles. The minimum absolute atomic E-state index is 0.170. The molecule has 4 saturated carbocycles. The first kappa shape index (κ1) is 24.9. The lowest BCUT2D eigenvalue weighted by atomic mass is 9.48. The van der Waals surface area contributed by atoms with Crippen LogP contribution in [0.4, 0.5) is 0 Å². The van der Waals surface area contributed by atoms with E-state index in [1.54, 1.807) is 17.1 Å². The van der Waals surface area contributed by atoms with Crippen molar-refractivity contribution >= 4 is 0 Å². The molecule has 3 unspecified atom stereocenters. The van der Waals surface area contributed by atoms with E-state index in [0.717, 1.165) is 37.0 Å². The zero-order valence-corrected chi connectivity index (χ0v) is 22.4. The second-order valence-corrected chi connectivity index (χ2v) is 13.9. The molecule has 0 radical (unpaired) electrons. The third-order valence-corrected chi connectivity index (χ3v) is 11.7. The smallest absolute Gasteiger partial charge is 0.102 e. The molecule has 1 aromatic rings. The topological polar surface area (TPSA) is 85.3 Å². The van der Waals surface area contributed by atoms with E-state index in [4.69, 9.17) is 0 Å². The lowest BCUT2D eigenvalue weighted by Crippen LogP contribution is -2.53. The first-order valence-corrected chi connectivity index (χ1v) is 14.8. The normalized spacial score (nSPS) is 45.5.